The summed E-state index contributed by atoms with van der Waals surface area (Å²) in [6.07, 6.45) is 0.262. The summed E-state index contributed by atoms with van der Waals surface area (Å²) in [6, 6.07) is 10.2. The zero-order valence-electron chi connectivity index (χ0n) is 15.9. The Morgan fingerprint density at radius 2 is 2.00 bits per heavy atom. The van der Waals surface area contributed by atoms with Crippen molar-refractivity contribution >= 4 is 28.9 Å². The third-order valence-electron chi connectivity index (χ3n) is 4.80. The smallest absolute Gasteiger partial charge is 0.306 e. The van der Waals surface area contributed by atoms with Gasteiger partial charge in [-0.2, -0.15) is 0 Å². The lowest BCUT2D eigenvalue weighted by molar-refractivity contribution is -0.143. The Kier molecular flexibility index (Phi) is 6.92. The molecule has 2 aromatic carbocycles. The van der Waals surface area contributed by atoms with Crippen LogP contribution in [-0.2, 0) is 15.4 Å². The van der Waals surface area contributed by atoms with Gasteiger partial charge in [0.05, 0.1) is 24.4 Å². The molecular formula is C21H27ClN2O2. The van der Waals surface area contributed by atoms with Crippen LogP contribution in [0.5, 0.6) is 0 Å². The lowest BCUT2D eigenvalue weighted by Gasteiger charge is -2.22. The zero-order chi connectivity index (χ0) is 19.3. The molecule has 0 aliphatic carbocycles. The fraction of sp³-hybridized carbons (Fsp3) is 0.381. The average molecular weight is 375 g/mol. The number of anilines is 2. The molecule has 0 amide bonds. The van der Waals surface area contributed by atoms with Crippen LogP contribution in [0.15, 0.2) is 30.3 Å². The monoisotopic (exact) mass is 374 g/mol. The van der Waals surface area contributed by atoms with E-state index in [0.717, 1.165) is 33.5 Å². The molecule has 0 aliphatic heterocycles. The van der Waals surface area contributed by atoms with Crippen LogP contribution in [0.1, 0.15) is 47.1 Å². The first-order chi connectivity index (χ1) is 12.4. The maximum Gasteiger partial charge on any atom is 0.306 e. The number of alkyl halides is 1. The Labute approximate surface area is 160 Å². The summed E-state index contributed by atoms with van der Waals surface area (Å²) in [4.78, 5) is 12.2. The second-order valence-electron chi connectivity index (χ2n) is 6.37. The number of carbonyl (C=O) groups excluding carboxylic acids is 1. The first-order valence-corrected chi connectivity index (χ1v) is 9.34. The molecule has 3 N–H and O–H groups in total. The number of nitrogen functional groups attached to an aromatic ring is 1. The molecule has 140 valence electrons. The van der Waals surface area contributed by atoms with E-state index in [0.29, 0.717) is 18.2 Å². The van der Waals surface area contributed by atoms with Gasteiger partial charge in [0, 0.05) is 18.8 Å². The molecule has 0 radical (unpaired) electrons. The van der Waals surface area contributed by atoms with E-state index >= 15 is 0 Å². The number of esters is 1. The highest BCUT2D eigenvalue weighted by Crippen LogP contribution is 2.36. The molecular weight excluding hydrogens is 348 g/mol. The van der Waals surface area contributed by atoms with Crippen molar-refractivity contribution in [3.05, 3.63) is 58.1 Å². The Balaban J connectivity index is 2.55. The van der Waals surface area contributed by atoms with Crippen molar-refractivity contribution in [1.82, 2.24) is 0 Å². The van der Waals surface area contributed by atoms with E-state index in [2.05, 4.69) is 17.4 Å². The summed E-state index contributed by atoms with van der Waals surface area (Å²) in [5, 5.41) is 3.09. The van der Waals surface area contributed by atoms with Gasteiger partial charge in [-0.3, -0.25) is 4.79 Å². The van der Waals surface area contributed by atoms with E-state index in [4.69, 9.17) is 22.1 Å². The van der Waals surface area contributed by atoms with Crippen molar-refractivity contribution in [2.24, 2.45) is 0 Å². The molecule has 2 rings (SSSR count). The minimum absolute atomic E-state index is 0.134. The van der Waals surface area contributed by atoms with E-state index in [-0.39, 0.29) is 18.3 Å². The first-order valence-electron chi connectivity index (χ1n) is 8.80. The molecule has 0 aliphatic rings. The molecule has 0 fully saturated rings. The van der Waals surface area contributed by atoms with E-state index in [1.165, 1.54) is 0 Å². The van der Waals surface area contributed by atoms with E-state index in [9.17, 15) is 4.79 Å². The van der Waals surface area contributed by atoms with Crippen molar-refractivity contribution in [3.8, 4) is 0 Å². The number of nitrogens with two attached hydrogens (primary N) is 1. The molecule has 0 spiro atoms. The van der Waals surface area contributed by atoms with Crippen LogP contribution < -0.4 is 11.1 Å². The maximum atomic E-state index is 12.2. The molecule has 5 heteroatoms. The number of ether oxygens (including phenoxy) is 1. The summed E-state index contributed by atoms with van der Waals surface area (Å²) in [6.45, 7) is 6.20. The Morgan fingerprint density at radius 3 is 2.62 bits per heavy atom. The SMILES string of the molecule is CCOC(=O)CC(c1ccc(C)c(CCl)c1)c1ccc(NC)c(N)c1C. The van der Waals surface area contributed by atoms with Gasteiger partial charge < -0.3 is 15.8 Å². The van der Waals surface area contributed by atoms with Crippen LogP contribution in [0.3, 0.4) is 0 Å². The lowest BCUT2D eigenvalue weighted by atomic mass is 9.84. The molecule has 4 nitrogen and oxygen atoms in total. The Morgan fingerprint density at radius 1 is 1.27 bits per heavy atom. The van der Waals surface area contributed by atoms with Crippen molar-refractivity contribution in [1.29, 1.82) is 0 Å². The van der Waals surface area contributed by atoms with Gasteiger partial charge in [-0.05, 0) is 54.7 Å². The van der Waals surface area contributed by atoms with Crippen LogP contribution >= 0.6 is 11.6 Å². The van der Waals surface area contributed by atoms with Gasteiger partial charge in [0.15, 0.2) is 0 Å². The van der Waals surface area contributed by atoms with Crippen LogP contribution in [-0.4, -0.2) is 19.6 Å². The third-order valence-corrected chi connectivity index (χ3v) is 5.09. The van der Waals surface area contributed by atoms with Crippen LogP contribution in [0.4, 0.5) is 11.4 Å². The number of carbonyl (C=O) groups is 1. The molecule has 26 heavy (non-hydrogen) atoms. The fourth-order valence-electron chi connectivity index (χ4n) is 3.19. The Hall–Kier alpha value is -2.20. The second kappa shape index (κ2) is 8.95. The van der Waals surface area contributed by atoms with Gasteiger partial charge in [0.25, 0.3) is 0 Å². The standard InChI is InChI=1S/C21H27ClN2O2/c1-5-26-20(25)11-18(15-7-6-13(2)16(10-15)12-22)17-8-9-19(24-4)21(23)14(17)3/h6-10,18,24H,5,11-12,23H2,1-4H3. The van der Waals surface area contributed by atoms with E-state index in [1.807, 2.05) is 46.0 Å². The number of hydrogen-bond acceptors (Lipinski definition) is 4. The maximum absolute atomic E-state index is 12.2. The minimum atomic E-state index is -0.221. The van der Waals surface area contributed by atoms with Gasteiger partial charge in [0.2, 0.25) is 0 Å². The lowest BCUT2D eigenvalue weighted by Crippen LogP contribution is -2.14. The summed E-state index contributed by atoms with van der Waals surface area (Å²) in [5.41, 5.74) is 13.1. The van der Waals surface area contributed by atoms with Gasteiger partial charge in [-0.15, -0.1) is 11.6 Å². The quantitative estimate of drug-likeness (QED) is 0.417. The van der Waals surface area contributed by atoms with Crippen molar-refractivity contribution in [2.75, 3.05) is 24.7 Å². The highest BCUT2D eigenvalue weighted by molar-refractivity contribution is 6.17. The number of aryl methyl sites for hydroxylation is 1. The fourth-order valence-corrected chi connectivity index (χ4v) is 3.47. The highest BCUT2D eigenvalue weighted by Gasteiger charge is 2.23. The molecule has 1 unspecified atom stereocenters. The van der Waals surface area contributed by atoms with Gasteiger partial charge >= 0.3 is 5.97 Å². The summed E-state index contributed by atoms with van der Waals surface area (Å²) in [7, 11) is 1.84. The summed E-state index contributed by atoms with van der Waals surface area (Å²) >= 11 is 6.09. The molecule has 2 aromatic rings. The van der Waals surface area contributed by atoms with Gasteiger partial charge in [0.1, 0.15) is 0 Å². The number of nitrogens with one attached hydrogen (secondary N) is 1. The van der Waals surface area contributed by atoms with Crippen LogP contribution in [0.25, 0.3) is 0 Å². The zero-order valence-corrected chi connectivity index (χ0v) is 16.6. The highest BCUT2D eigenvalue weighted by atomic mass is 35.5. The molecule has 0 heterocycles. The molecule has 0 bridgehead atoms. The van der Waals surface area contributed by atoms with E-state index in [1.54, 1.807) is 0 Å². The summed E-state index contributed by atoms with van der Waals surface area (Å²) < 4.78 is 5.20. The normalized spacial score (nSPS) is 11.9. The number of halogens is 1. The van der Waals surface area contributed by atoms with Gasteiger partial charge in [-0.1, -0.05) is 24.3 Å². The van der Waals surface area contributed by atoms with Crippen molar-refractivity contribution < 1.29 is 9.53 Å². The first kappa shape index (κ1) is 20.1. The number of hydrogen-bond donors (Lipinski definition) is 2. The number of benzene rings is 2. The number of rotatable bonds is 7. The molecule has 0 saturated heterocycles. The van der Waals surface area contributed by atoms with Crippen LogP contribution in [0.2, 0.25) is 0 Å². The molecule has 0 aromatic heterocycles. The van der Waals surface area contributed by atoms with E-state index < -0.39 is 0 Å². The predicted octanol–water partition coefficient (Wildman–Crippen LogP) is 4.75. The van der Waals surface area contributed by atoms with Crippen molar-refractivity contribution in [2.45, 2.75) is 39.0 Å². The predicted molar refractivity (Wildman–Crippen MR) is 109 cm³/mol. The van der Waals surface area contributed by atoms with Crippen molar-refractivity contribution in [3.63, 3.8) is 0 Å². The largest absolute Gasteiger partial charge is 0.466 e. The third kappa shape index (κ3) is 4.31. The molecule has 1 atom stereocenters. The topological polar surface area (TPSA) is 64.3 Å². The van der Waals surface area contributed by atoms with Crippen LogP contribution in [0, 0.1) is 13.8 Å². The summed E-state index contributed by atoms with van der Waals surface area (Å²) in [5.74, 6) is 0.0806. The average Bonchev–Trinajstić information content (AvgIpc) is 2.63. The second-order valence-corrected chi connectivity index (χ2v) is 6.64. The minimum Gasteiger partial charge on any atom is -0.466 e. The molecule has 0 saturated carbocycles. The van der Waals surface area contributed by atoms with Gasteiger partial charge in [-0.25, -0.2) is 0 Å². The Bertz CT molecular complexity index is 790.